The number of carbonyl (C=O) groups excluding carboxylic acids is 2. The molecule has 1 aliphatic heterocycles. The van der Waals surface area contributed by atoms with Crippen molar-refractivity contribution in [1.82, 2.24) is 20.0 Å². The summed E-state index contributed by atoms with van der Waals surface area (Å²) in [5.74, 6) is 1.19. The number of amides is 2. The molecule has 3 rings (SSSR count). The quantitative estimate of drug-likeness (QED) is 0.929. The van der Waals surface area contributed by atoms with Crippen LogP contribution in [-0.2, 0) is 11.3 Å². The number of nitrogens with zero attached hydrogens (tertiary/aromatic N) is 3. The van der Waals surface area contributed by atoms with Gasteiger partial charge in [0.25, 0.3) is 5.91 Å². The molecule has 0 saturated carbocycles. The van der Waals surface area contributed by atoms with Crippen LogP contribution in [0.15, 0.2) is 22.7 Å². The SMILES string of the molecule is CNC(=O)C[C@H]1CN(C(=O)c2cc(C)oc2C)Cc2ccnn21. The fourth-order valence-electron chi connectivity index (χ4n) is 3.02. The molecule has 7 heteroatoms. The lowest BCUT2D eigenvalue weighted by Gasteiger charge is -2.33. The van der Waals surface area contributed by atoms with Crippen LogP contribution in [-0.4, -0.2) is 40.1 Å². The normalized spacial score (nSPS) is 17.0. The predicted molar refractivity (Wildman–Crippen MR) is 82.9 cm³/mol. The summed E-state index contributed by atoms with van der Waals surface area (Å²) in [6.45, 7) is 4.54. The highest BCUT2D eigenvalue weighted by atomic mass is 16.3. The van der Waals surface area contributed by atoms with Crippen molar-refractivity contribution in [2.45, 2.75) is 32.9 Å². The molecule has 0 aromatic carbocycles. The minimum absolute atomic E-state index is 0.0684. The third-order valence-electron chi connectivity index (χ3n) is 4.14. The van der Waals surface area contributed by atoms with Gasteiger partial charge in [0.1, 0.15) is 11.5 Å². The Morgan fingerprint density at radius 1 is 1.43 bits per heavy atom. The molecule has 0 radical (unpaired) electrons. The molecule has 3 heterocycles. The van der Waals surface area contributed by atoms with Gasteiger partial charge in [0.05, 0.1) is 30.3 Å². The number of furan rings is 1. The van der Waals surface area contributed by atoms with Crippen molar-refractivity contribution in [3.63, 3.8) is 0 Å². The van der Waals surface area contributed by atoms with E-state index in [9.17, 15) is 9.59 Å². The van der Waals surface area contributed by atoms with Gasteiger partial charge in [-0.15, -0.1) is 0 Å². The first-order valence-corrected chi connectivity index (χ1v) is 7.59. The molecule has 23 heavy (non-hydrogen) atoms. The maximum absolute atomic E-state index is 12.8. The zero-order valence-electron chi connectivity index (χ0n) is 13.5. The first-order valence-electron chi connectivity index (χ1n) is 7.59. The highest BCUT2D eigenvalue weighted by Crippen LogP contribution is 2.25. The molecule has 2 amide bonds. The van der Waals surface area contributed by atoms with Crippen molar-refractivity contribution < 1.29 is 14.0 Å². The Hall–Kier alpha value is -2.57. The summed E-state index contributed by atoms with van der Waals surface area (Å²) in [6.07, 6.45) is 1.99. The fraction of sp³-hybridized carbons (Fsp3) is 0.438. The van der Waals surface area contributed by atoms with Crippen LogP contribution in [0.4, 0.5) is 0 Å². The van der Waals surface area contributed by atoms with Gasteiger partial charge in [0.2, 0.25) is 5.91 Å². The van der Waals surface area contributed by atoms with Crippen LogP contribution < -0.4 is 5.32 Å². The van der Waals surface area contributed by atoms with E-state index in [2.05, 4.69) is 10.4 Å². The molecule has 0 fully saturated rings. The lowest BCUT2D eigenvalue weighted by Crippen LogP contribution is -2.42. The van der Waals surface area contributed by atoms with Crippen LogP contribution in [0, 0.1) is 13.8 Å². The molecular weight excluding hydrogens is 296 g/mol. The molecule has 122 valence electrons. The van der Waals surface area contributed by atoms with E-state index in [0.29, 0.717) is 30.8 Å². The van der Waals surface area contributed by atoms with Gasteiger partial charge in [-0.1, -0.05) is 0 Å². The van der Waals surface area contributed by atoms with Crippen LogP contribution in [0.5, 0.6) is 0 Å². The molecule has 0 spiro atoms. The number of aromatic nitrogens is 2. The minimum Gasteiger partial charge on any atom is -0.466 e. The minimum atomic E-state index is -0.161. The van der Waals surface area contributed by atoms with E-state index in [-0.39, 0.29) is 17.9 Å². The van der Waals surface area contributed by atoms with Crippen LogP contribution in [0.25, 0.3) is 0 Å². The first kappa shape index (κ1) is 15.3. The van der Waals surface area contributed by atoms with Gasteiger partial charge in [0, 0.05) is 19.8 Å². The lowest BCUT2D eigenvalue weighted by molar-refractivity contribution is -0.121. The highest BCUT2D eigenvalue weighted by molar-refractivity contribution is 5.95. The topological polar surface area (TPSA) is 80.4 Å². The number of hydrogen-bond acceptors (Lipinski definition) is 4. The summed E-state index contributed by atoms with van der Waals surface area (Å²) in [7, 11) is 1.61. The average molecular weight is 316 g/mol. The largest absolute Gasteiger partial charge is 0.466 e. The second-order valence-corrected chi connectivity index (χ2v) is 5.81. The second kappa shape index (κ2) is 5.91. The van der Waals surface area contributed by atoms with Crippen molar-refractivity contribution in [1.29, 1.82) is 0 Å². The lowest BCUT2D eigenvalue weighted by atomic mass is 10.1. The van der Waals surface area contributed by atoms with Gasteiger partial charge in [-0.25, -0.2) is 0 Å². The summed E-state index contributed by atoms with van der Waals surface area (Å²) >= 11 is 0. The molecule has 1 aliphatic rings. The highest BCUT2D eigenvalue weighted by Gasteiger charge is 2.31. The molecule has 0 unspecified atom stereocenters. The van der Waals surface area contributed by atoms with Gasteiger partial charge in [0.15, 0.2) is 0 Å². The number of carbonyl (C=O) groups is 2. The van der Waals surface area contributed by atoms with E-state index in [0.717, 1.165) is 11.5 Å². The number of fused-ring (bicyclic) bond motifs is 1. The molecular formula is C16H20N4O3. The Bertz CT molecular complexity index is 746. The molecule has 2 aromatic heterocycles. The van der Waals surface area contributed by atoms with E-state index in [1.807, 2.05) is 17.7 Å². The van der Waals surface area contributed by atoms with Crippen molar-refractivity contribution in [2.75, 3.05) is 13.6 Å². The smallest absolute Gasteiger partial charge is 0.257 e. The van der Waals surface area contributed by atoms with Crippen LogP contribution >= 0.6 is 0 Å². The number of aryl methyl sites for hydroxylation is 2. The monoisotopic (exact) mass is 316 g/mol. The van der Waals surface area contributed by atoms with E-state index in [1.54, 1.807) is 31.1 Å². The molecule has 0 saturated heterocycles. The second-order valence-electron chi connectivity index (χ2n) is 5.81. The zero-order valence-corrected chi connectivity index (χ0v) is 13.5. The van der Waals surface area contributed by atoms with Crippen molar-refractivity contribution >= 4 is 11.8 Å². The van der Waals surface area contributed by atoms with Crippen LogP contribution in [0.3, 0.4) is 0 Å². The number of nitrogens with one attached hydrogen (secondary N) is 1. The molecule has 1 atom stereocenters. The van der Waals surface area contributed by atoms with Crippen LogP contribution in [0.1, 0.15) is 40.0 Å². The molecule has 0 aliphatic carbocycles. The Morgan fingerprint density at radius 2 is 2.22 bits per heavy atom. The number of hydrogen-bond donors (Lipinski definition) is 1. The van der Waals surface area contributed by atoms with Gasteiger partial charge < -0.3 is 14.6 Å². The van der Waals surface area contributed by atoms with E-state index in [4.69, 9.17) is 4.42 Å². The van der Waals surface area contributed by atoms with E-state index >= 15 is 0 Å². The van der Waals surface area contributed by atoms with Crippen molar-refractivity contribution in [3.8, 4) is 0 Å². The van der Waals surface area contributed by atoms with E-state index < -0.39 is 0 Å². The standard InChI is InChI=1S/C16H20N4O3/c1-10-6-14(11(2)23-10)16(22)19-8-12-4-5-18-20(12)13(9-19)7-15(21)17-3/h4-6,13H,7-9H2,1-3H3,(H,17,21)/t13-/m0/s1. The summed E-state index contributed by atoms with van der Waals surface area (Å²) < 4.78 is 7.30. The molecule has 1 N–H and O–H groups in total. The molecule has 2 aromatic rings. The van der Waals surface area contributed by atoms with Gasteiger partial charge >= 0.3 is 0 Å². The Morgan fingerprint density at radius 3 is 2.87 bits per heavy atom. The summed E-state index contributed by atoms with van der Waals surface area (Å²) in [4.78, 5) is 26.3. The van der Waals surface area contributed by atoms with Gasteiger partial charge in [-0.3, -0.25) is 14.3 Å². The molecule has 7 nitrogen and oxygen atoms in total. The summed E-state index contributed by atoms with van der Waals surface area (Å²) in [5.41, 5.74) is 1.51. The average Bonchev–Trinajstić information content (AvgIpc) is 3.12. The van der Waals surface area contributed by atoms with Gasteiger partial charge in [-0.05, 0) is 26.0 Å². The molecule has 0 bridgehead atoms. The predicted octanol–water partition coefficient (Wildman–Crippen LogP) is 1.43. The fourth-order valence-corrected chi connectivity index (χ4v) is 3.02. The van der Waals surface area contributed by atoms with Crippen LogP contribution in [0.2, 0.25) is 0 Å². The Balaban J connectivity index is 1.86. The Kier molecular flexibility index (Phi) is 3.94. The number of rotatable bonds is 3. The van der Waals surface area contributed by atoms with Crippen molar-refractivity contribution in [3.05, 3.63) is 41.1 Å². The zero-order chi connectivity index (χ0) is 16.6. The first-order chi connectivity index (χ1) is 11.0. The van der Waals surface area contributed by atoms with Crippen molar-refractivity contribution in [2.24, 2.45) is 0 Å². The maximum atomic E-state index is 12.8. The summed E-state index contributed by atoms with van der Waals surface area (Å²) in [5, 5.41) is 6.92. The Labute approximate surface area is 134 Å². The third kappa shape index (κ3) is 2.86. The van der Waals surface area contributed by atoms with E-state index in [1.165, 1.54) is 0 Å². The van der Waals surface area contributed by atoms with Gasteiger partial charge in [-0.2, -0.15) is 5.10 Å². The third-order valence-corrected chi connectivity index (χ3v) is 4.14. The maximum Gasteiger partial charge on any atom is 0.257 e. The summed E-state index contributed by atoms with van der Waals surface area (Å²) in [6, 6.07) is 3.48.